The maximum atomic E-state index is 13.1. The predicted molar refractivity (Wildman–Crippen MR) is 152 cm³/mol. The first kappa shape index (κ1) is 29.5. The Hall–Kier alpha value is -4.45. The Labute approximate surface area is 236 Å². The number of nitrogens with zero attached hydrogens (tertiary/aromatic N) is 3. The maximum Gasteiger partial charge on any atom is 0.336 e. The van der Waals surface area contributed by atoms with Crippen LogP contribution in [-0.2, 0) is 30.0 Å². The highest BCUT2D eigenvalue weighted by Gasteiger charge is 2.38. The highest BCUT2D eigenvalue weighted by molar-refractivity contribution is 5.49. The molecule has 41 heavy (non-hydrogen) atoms. The van der Waals surface area contributed by atoms with E-state index in [0.717, 1.165) is 30.4 Å². The molecule has 0 spiro atoms. The van der Waals surface area contributed by atoms with Crippen LogP contribution in [0.5, 0.6) is 11.5 Å². The molecule has 1 aromatic heterocycles. The van der Waals surface area contributed by atoms with Gasteiger partial charge in [0.1, 0.15) is 17.1 Å². The zero-order chi connectivity index (χ0) is 29.4. The Balaban J connectivity index is 1.85. The summed E-state index contributed by atoms with van der Waals surface area (Å²) in [6.45, 7) is -1.86. The van der Waals surface area contributed by atoms with Crippen LogP contribution in [0.2, 0.25) is 0 Å². The van der Waals surface area contributed by atoms with Crippen LogP contribution in [0.4, 0.5) is 0 Å². The minimum absolute atomic E-state index is 0.113. The molecule has 0 aliphatic carbocycles. The van der Waals surface area contributed by atoms with E-state index in [9.17, 15) is 24.6 Å². The fourth-order valence-electron chi connectivity index (χ4n) is 4.82. The quantitative estimate of drug-likeness (QED) is 0.232. The largest absolute Gasteiger partial charge is 0.497 e. The maximum absolute atomic E-state index is 13.1. The van der Waals surface area contributed by atoms with E-state index in [1.807, 2.05) is 78.9 Å². The van der Waals surface area contributed by atoms with Crippen molar-refractivity contribution in [1.29, 1.82) is 0 Å². The van der Waals surface area contributed by atoms with Crippen molar-refractivity contribution in [2.24, 2.45) is 0 Å². The van der Waals surface area contributed by atoms with Gasteiger partial charge >= 0.3 is 17.1 Å². The minimum Gasteiger partial charge on any atom is -0.497 e. The number of aromatic nitrogens is 3. The van der Waals surface area contributed by atoms with Gasteiger partial charge in [0.05, 0.1) is 53.7 Å². The van der Waals surface area contributed by atoms with Crippen LogP contribution in [0.15, 0.2) is 93.2 Å². The smallest absolute Gasteiger partial charge is 0.336 e. The molecule has 4 aromatic rings. The van der Waals surface area contributed by atoms with Crippen LogP contribution in [0.1, 0.15) is 16.7 Å². The van der Waals surface area contributed by atoms with Crippen molar-refractivity contribution in [3.63, 3.8) is 0 Å². The second kappa shape index (κ2) is 13.3. The molecular weight excluding hydrogens is 530 g/mol. The summed E-state index contributed by atoms with van der Waals surface area (Å²) in [6.07, 6.45) is 0. The lowest BCUT2D eigenvalue weighted by atomic mass is 9.80. The normalized spacial score (nSPS) is 11.4. The number of aliphatic hydroxyl groups excluding tert-OH is 2. The molecule has 216 valence electrons. The Kier molecular flexibility index (Phi) is 9.56. The van der Waals surface area contributed by atoms with E-state index >= 15 is 0 Å². The molecule has 0 bridgehead atoms. The first-order valence-electron chi connectivity index (χ1n) is 13.1. The van der Waals surface area contributed by atoms with Gasteiger partial charge in [-0.1, -0.05) is 54.6 Å². The number of benzene rings is 3. The molecule has 4 rings (SSSR count). The van der Waals surface area contributed by atoms with Gasteiger partial charge in [-0.25, -0.2) is 28.1 Å². The molecule has 1 heterocycles. The van der Waals surface area contributed by atoms with Gasteiger partial charge in [0.15, 0.2) is 0 Å². The molecule has 0 fully saturated rings. The summed E-state index contributed by atoms with van der Waals surface area (Å²) in [5, 5.41) is 18.8. The SMILES string of the molecule is COc1ccc(C(OCCn2c(=O)n(CCO)c(=O)n(CCO)c2=O)(c2ccccc2)c2ccc(OC)cc2)cc1. The highest BCUT2D eigenvalue weighted by atomic mass is 16.5. The van der Waals surface area contributed by atoms with Gasteiger partial charge in [-0.3, -0.25) is 0 Å². The van der Waals surface area contributed by atoms with Crippen LogP contribution in [-0.4, -0.2) is 58.0 Å². The van der Waals surface area contributed by atoms with Crippen molar-refractivity contribution >= 4 is 0 Å². The van der Waals surface area contributed by atoms with Crippen LogP contribution < -0.4 is 26.5 Å². The van der Waals surface area contributed by atoms with Gasteiger partial charge in [0.25, 0.3) is 0 Å². The van der Waals surface area contributed by atoms with E-state index in [1.54, 1.807) is 14.2 Å². The molecule has 0 saturated carbocycles. The Bertz CT molecular complexity index is 1520. The standard InChI is InChI=1S/C30H33N3O8/c1-39-25-12-8-23(9-13-25)30(22-6-4-3-5-7-22,24-10-14-26(40-2)15-11-24)41-21-18-33-28(37)31(16-19-34)27(36)32(17-20-35)29(33)38/h3-15,34-35H,16-21H2,1-2H3. The number of hydrogen-bond acceptors (Lipinski definition) is 8. The van der Waals surface area contributed by atoms with Gasteiger partial charge in [0.2, 0.25) is 0 Å². The van der Waals surface area contributed by atoms with Crippen LogP contribution in [0, 0.1) is 0 Å². The zero-order valence-corrected chi connectivity index (χ0v) is 22.9. The van der Waals surface area contributed by atoms with Crippen molar-refractivity contribution in [3.05, 3.63) is 127 Å². The highest BCUT2D eigenvalue weighted by Crippen LogP contribution is 2.41. The lowest BCUT2D eigenvalue weighted by molar-refractivity contribution is 0.00692. The Morgan fingerprint density at radius 2 is 0.976 bits per heavy atom. The first-order chi connectivity index (χ1) is 19.9. The molecule has 0 radical (unpaired) electrons. The van der Waals surface area contributed by atoms with Gasteiger partial charge in [-0.2, -0.15) is 0 Å². The molecule has 0 saturated heterocycles. The molecule has 0 aliphatic heterocycles. The van der Waals surface area contributed by atoms with Crippen molar-refractivity contribution < 1.29 is 24.4 Å². The van der Waals surface area contributed by atoms with Crippen molar-refractivity contribution in [3.8, 4) is 11.5 Å². The molecule has 0 aliphatic rings. The monoisotopic (exact) mass is 563 g/mol. The first-order valence-corrected chi connectivity index (χ1v) is 13.1. The summed E-state index contributed by atoms with van der Waals surface area (Å²) < 4.78 is 19.9. The molecule has 0 amide bonds. The van der Waals surface area contributed by atoms with E-state index < -0.39 is 35.9 Å². The van der Waals surface area contributed by atoms with E-state index in [1.165, 1.54) is 0 Å². The van der Waals surface area contributed by atoms with E-state index in [-0.39, 0.29) is 26.2 Å². The molecule has 11 heteroatoms. The number of ether oxygens (including phenoxy) is 3. The third-order valence-electron chi connectivity index (χ3n) is 6.84. The molecule has 2 N–H and O–H groups in total. The molecule has 3 aromatic carbocycles. The Morgan fingerprint density at radius 1 is 0.585 bits per heavy atom. The van der Waals surface area contributed by atoms with Crippen molar-refractivity contribution in [2.75, 3.05) is 34.0 Å². The fourth-order valence-corrected chi connectivity index (χ4v) is 4.82. The summed E-state index contributed by atoms with van der Waals surface area (Å²) in [6, 6.07) is 24.4. The lowest BCUT2D eigenvalue weighted by Crippen LogP contribution is -2.55. The summed E-state index contributed by atoms with van der Waals surface area (Å²) in [5.74, 6) is 1.32. The second-order valence-electron chi connectivity index (χ2n) is 9.10. The fraction of sp³-hybridized carbons (Fsp3) is 0.300. The van der Waals surface area contributed by atoms with Gasteiger partial charge < -0.3 is 24.4 Å². The van der Waals surface area contributed by atoms with Gasteiger partial charge in [0, 0.05) is 0 Å². The Morgan fingerprint density at radius 3 is 1.37 bits per heavy atom. The summed E-state index contributed by atoms with van der Waals surface area (Å²) in [5.41, 5.74) is -1.47. The van der Waals surface area contributed by atoms with Gasteiger partial charge in [-0.05, 0) is 41.0 Å². The predicted octanol–water partition coefficient (Wildman–Crippen LogP) is 1.18. The average molecular weight is 564 g/mol. The minimum atomic E-state index is -1.17. The summed E-state index contributed by atoms with van der Waals surface area (Å²) in [7, 11) is 3.16. The van der Waals surface area contributed by atoms with Crippen LogP contribution in [0.25, 0.3) is 0 Å². The second-order valence-corrected chi connectivity index (χ2v) is 9.10. The van der Waals surface area contributed by atoms with Crippen LogP contribution in [0.3, 0.4) is 0 Å². The summed E-state index contributed by atoms with van der Waals surface area (Å²) >= 11 is 0. The molecule has 0 atom stereocenters. The topological polar surface area (TPSA) is 134 Å². The average Bonchev–Trinajstić information content (AvgIpc) is 3.02. The molecule has 0 unspecified atom stereocenters. The zero-order valence-electron chi connectivity index (χ0n) is 22.9. The van der Waals surface area contributed by atoms with E-state index in [4.69, 9.17) is 14.2 Å². The molecular formula is C30H33N3O8. The van der Waals surface area contributed by atoms with Crippen LogP contribution >= 0.6 is 0 Å². The van der Waals surface area contributed by atoms with Crippen molar-refractivity contribution in [1.82, 2.24) is 13.7 Å². The number of rotatable bonds is 13. The van der Waals surface area contributed by atoms with Gasteiger partial charge in [-0.15, -0.1) is 0 Å². The third-order valence-corrected chi connectivity index (χ3v) is 6.84. The van der Waals surface area contributed by atoms with E-state index in [0.29, 0.717) is 11.5 Å². The number of aliphatic hydroxyl groups is 2. The summed E-state index contributed by atoms with van der Waals surface area (Å²) in [4.78, 5) is 38.9. The van der Waals surface area contributed by atoms with Crippen molar-refractivity contribution in [2.45, 2.75) is 25.2 Å². The van der Waals surface area contributed by atoms with E-state index in [2.05, 4.69) is 0 Å². The third kappa shape index (κ3) is 5.87. The number of hydrogen-bond donors (Lipinski definition) is 2. The molecule has 11 nitrogen and oxygen atoms in total. The number of methoxy groups -OCH3 is 2. The lowest BCUT2D eigenvalue weighted by Gasteiger charge is -2.36.